The summed E-state index contributed by atoms with van der Waals surface area (Å²) in [5.74, 6) is 4.43. The number of aliphatic hydroxyl groups excluding tert-OH is 4. The number of aryl methyl sites for hydroxylation is 6. The van der Waals surface area contributed by atoms with Gasteiger partial charge in [0, 0.05) is 225 Å². The molecule has 0 fully saturated rings. The van der Waals surface area contributed by atoms with Gasteiger partial charge < -0.3 is 109 Å². The van der Waals surface area contributed by atoms with Crippen LogP contribution in [0, 0.1) is 60.1 Å². The molecule has 32 heteroatoms. The molecule has 4 aromatic heterocycles. The fraction of sp³-hybridized carbons (Fsp3) is 0.243. The number of methoxy groups -OCH3 is 4. The Morgan fingerprint density at radius 1 is 0.357 bits per heavy atom. The highest BCUT2D eigenvalue weighted by Crippen LogP contribution is 2.44. The number of carbonyl (C=O) groups excluding carboxylic acids is 4. The van der Waals surface area contributed by atoms with Crippen LogP contribution in [0.15, 0.2) is 213 Å². The number of aliphatic hydroxyl groups is 4. The number of ketones is 4. The fourth-order valence-corrected chi connectivity index (χ4v) is 18.5. The van der Waals surface area contributed by atoms with Crippen LogP contribution in [0.3, 0.4) is 0 Å². The van der Waals surface area contributed by atoms with Crippen molar-refractivity contribution >= 4 is 136 Å². The highest BCUT2D eigenvalue weighted by atomic mass is 35.5. The van der Waals surface area contributed by atoms with Crippen molar-refractivity contribution in [2.75, 3.05) is 116 Å². The van der Waals surface area contributed by atoms with Gasteiger partial charge in [0.15, 0.2) is 23.1 Å². The number of aromatic amines is 4. The first-order valence-corrected chi connectivity index (χ1v) is 47.5. The highest BCUT2D eigenvalue weighted by Gasteiger charge is 2.34. The largest absolute Gasteiger partial charge is 0.497 e. The van der Waals surface area contributed by atoms with E-state index in [9.17, 15) is 23.6 Å². The van der Waals surface area contributed by atoms with Crippen LogP contribution < -0.4 is 68.6 Å². The van der Waals surface area contributed by atoms with E-state index in [-0.39, 0.29) is 92.8 Å². The third kappa shape index (κ3) is 23.8. The minimum Gasteiger partial charge on any atom is -0.497 e. The number of aromatic nitrogens is 4. The minimum atomic E-state index is -0.861. The zero-order valence-corrected chi connectivity index (χ0v) is 83.3. The predicted octanol–water partition coefficient (Wildman–Crippen LogP) is 23.3. The molecule has 4 atom stereocenters. The molecular weight excluding hydrogens is 1910 g/mol. The number of rotatable bonds is 36. The first-order chi connectivity index (χ1) is 69.0. The Bertz CT molecular complexity index is 7280. The average Bonchev–Trinajstić information content (AvgIpc) is 1.65. The summed E-state index contributed by atoms with van der Waals surface area (Å²) in [5.41, 5.74) is 17.6. The standard InChI is InChI=1S/C28H28ClFN2O4.2C28H27ClN2O5.C27H26ClFN2O4/c1-15-10-24-25(26(30)17(15)3)23(14-31-24)28(34)27(22-6-5-18(29)9-16(22)2)32-19-11-20(35-4)13-21(12-19)36-8-7-33;1-16-9-18(29)3-4-22(16)27(31-19-11-20(34-2)13-21(12-19)35-8-6-32)28(33)24-15-30-25-14-26-17(5-7-36-26)10-23(24)25;1-16-11-17(29)3-4-21(16)27(31-18-12-19(34-2)14-20(13-18)35-10-8-32)28(33)24-15-30-26-22(24)5-6-25-23(26)7-9-36-25;1-15-8-17(28)4-5-21(15)26(31-18-10-19(34-3)12-20(11-18)35-7-6-32)27(33)23-14-30-25-13-24(29)16(2)9-22(23)25/h5-6,9-14,27,31-33H,7-8H2,1-4H3;3-4,9-15,27,30-32H,5-8H2,1-2H3;3-6,11-15,27,30-32H,7-10H2,1-2H3;4-5,8-14,26,30-32H,6-7H2,1-3H3. The number of hydrogen-bond donors (Lipinski definition) is 12. The van der Waals surface area contributed by atoms with Crippen LogP contribution in [0.5, 0.6) is 57.5 Å². The number of ether oxygens (including phenoxy) is 10. The van der Waals surface area contributed by atoms with Crippen LogP contribution in [0.1, 0.15) is 138 Å². The lowest BCUT2D eigenvalue weighted by Gasteiger charge is -2.22. The maximum atomic E-state index is 15.3. The van der Waals surface area contributed by atoms with E-state index in [1.165, 1.54) is 20.3 Å². The fourth-order valence-electron chi connectivity index (χ4n) is 17.6. The van der Waals surface area contributed by atoms with Gasteiger partial charge in [-0.3, -0.25) is 19.2 Å². The first-order valence-electron chi connectivity index (χ1n) is 46.0. The van der Waals surface area contributed by atoms with E-state index >= 15 is 4.39 Å². The van der Waals surface area contributed by atoms with Crippen molar-refractivity contribution in [3.8, 4) is 57.5 Å². The number of halogens is 6. The van der Waals surface area contributed by atoms with Gasteiger partial charge in [-0.25, -0.2) is 8.78 Å². The van der Waals surface area contributed by atoms with E-state index in [2.05, 4.69) is 41.2 Å². The molecule has 12 aromatic carbocycles. The molecule has 6 heterocycles. The van der Waals surface area contributed by atoms with Gasteiger partial charge in [0.1, 0.15) is 120 Å². The molecule has 18 rings (SSSR count). The van der Waals surface area contributed by atoms with Crippen molar-refractivity contribution in [1.29, 1.82) is 0 Å². The number of anilines is 4. The molecular formula is C111H108Cl4F2N8O18. The second-order valence-corrected chi connectivity index (χ2v) is 36.1. The van der Waals surface area contributed by atoms with Crippen LogP contribution >= 0.6 is 46.4 Å². The van der Waals surface area contributed by atoms with E-state index in [1.807, 2.05) is 95.3 Å². The molecule has 0 amide bonds. The Morgan fingerprint density at radius 2 is 0.699 bits per heavy atom. The maximum Gasteiger partial charge on any atom is 0.191 e. The quantitative estimate of drug-likeness (QED) is 0.0162. The number of fused-ring (bicyclic) bond motifs is 7. The number of Topliss-reactive ketones (excluding diaryl/α,β-unsaturated/α-hetero) is 4. The summed E-state index contributed by atoms with van der Waals surface area (Å²) in [6.45, 7) is 14.1. The second kappa shape index (κ2) is 46.5. The number of carbonyl (C=O) groups is 4. The molecule has 0 spiro atoms. The zero-order chi connectivity index (χ0) is 102. The molecule has 143 heavy (non-hydrogen) atoms. The van der Waals surface area contributed by atoms with Crippen LogP contribution in [0.25, 0.3) is 43.6 Å². The van der Waals surface area contributed by atoms with E-state index in [1.54, 1.807) is 174 Å². The van der Waals surface area contributed by atoms with Crippen molar-refractivity contribution in [1.82, 2.24) is 19.9 Å². The van der Waals surface area contributed by atoms with E-state index in [0.29, 0.717) is 152 Å². The Kier molecular flexibility index (Phi) is 33.5. The lowest BCUT2D eigenvalue weighted by Crippen LogP contribution is -2.22. The summed E-state index contributed by atoms with van der Waals surface area (Å²) in [5, 5.41) is 54.9. The predicted molar refractivity (Wildman–Crippen MR) is 556 cm³/mol. The zero-order valence-electron chi connectivity index (χ0n) is 80.3. The van der Waals surface area contributed by atoms with Gasteiger partial charge >= 0.3 is 0 Å². The number of nitrogens with one attached hydrogen (secondary N) is 8. The molecule has 16 aromatic rings. The van der Waals surface area contributed by atoms with E-state index < -0.39 is 30.0 Å². The number of H-pyrrole nitrogens is 4. The van der Waals surface area contributed by atoms with E-state index in [4.69, 9.17) is 114 Å². The minimum absolute atomic E-state index is 0.0915. The van der Waals surface area contributed by atoms with Crippen LogP contribution in [0.2, 0.25) is 20.1 Å². The maximum absolute atomic E-state index is 15.3. The van der Waals surface area contributed by atoms with Gasteiger partial charge in [0.25, 0.3) is 0 Å². The van der Waals surface area contributed by atoms with Crippen molar-refractivity contribution in [2.45, 2.75) is 85.5 Å². The Balaban J connectivity index is 0.000000144. The average molecular weight is 2020 g/mol. The molecule has 0 aliphatic carbocycles. The Labute approximate surface area is 844 Å². The monoisotopic (exact) mass is 2020 g/mol. The lowest BCUT2D eigenvalue weighted by atomic mass is 9.92. The molecule has 0 bridgehead atoms. The van der Waals surface area contributed by atoms with Gasteiger partial charge in [0.2, 0.25) is 0 Å². The van der Waals surface area contributed by atoms with Crippen LogP contribution in [0.4, 0.5) is 31.5 Å². The topological polar surface area (TPSA) is 353 Å². The van der Waals surface area contributed by atoms with Crippen molar-refractivity contribution in [2.24, 2.45) is 0 Å². The third-order valence-electron chi connectivity index (χ3n) is 24.8. The van der Waals surface area contributed by atoms with Gasteiger partial charge in [-0.2, -0.15) is 0 Å². The molecule has 0 saturated heterocycles. The highest BCUT2D eigenvalue weighted by molar-refractivity contribution is 6.32. The second-order valence-electron chi connectivity index (χ2n) is 34.3. The summed E-state index contributed by atoms with van der Waals surface area (Å²) in [6.07, 6.45) is 8.31. The normalized spacial score (nSPS) is 12.6. The van der Waals surface area contributed by atoms with Gasteiger partial charge in [-0.15, -0.1) is 0 Å². The Hall–Kier alpha value is -14.5. The summed E-state index contributed by atoms with van der Waals surface area (Å²) >= 11 is 24.8. The molecule has 0 radical (unpaired) electrons. The van der Waals surface area contributed by atoms with Crippen molar-refractivity contribution in [3.63, 3.8) is 0 Å². The molecule has 2 aliphatic rings. The van der Waals surface area contributed by atoms with Gasteiger partial charge in [-0.1, -0.05) is 70.7 Å². The van der Waals surface area contributed by atoms with Crippen LogP contribution in [-0.2, 0) is 12.8 Å². The lowest BCUT2D eigenvalue weighted by molar-refractivity contribution is 0.0963. The first kappa shape index (κ1) is 103. The number of benzene rings is 12. The molecule has 12 N–H and O–H groups in total. The number of hydrogen-bond acceptors (Lipinski definition) is 22. The summed E-state index contributed by atoms with van der Waals surface area (Å²) in [6, 6.07) is 52.3. The molecule has 2 aliphatic heterocycles. The molecule has 0 saturated carbocycles. The third-order valence-corrected chi connectivity index (χ3v) is 25.8. The summed E-state index contributed by atoms with van der Waals surface area (Å²) in [4.78, 5) is 68.9. The van der Waals surface area contributed by atoms with Crippen molar-refractivity contribution in [3.05, 3.63) is 339 Å². The molecule has 26 nitrogen and oxygen atoms in total. The van der Waals surface area contributed by atoms with Gasteiger partial charge in [0.05, 0.1) is 73.6 Å². The SMILES string of the molecule is COc1cc(NC(C(=O)c2c[nH]c3c4c(ccc23)OCC4)c2ccc(Cl)cc2C)cc(OCCO)c1.COc1cc(NC(C(=O)c2c[nH]c3cc(C)c(C)c(F)c23)c2ccc(Cl)cc2C)cc(OCCO)c1.COc1cc(NC(C(=O)c2c[nH]c3cc(F)c(C)cc23)c2ccc(Cl)cc2C)cc(OCCO)c1.COc1cc(NC(C(=O)c2c[nH]c3cc4c(cc23)CCO4)c2ccc(Cl)cc2C)cc(OCCO)c1. The van der Waals surface area contributed by atoms with Crippen molar-refractivity contribution < 1.29 is 95.8 Å². The Morgan fingerprint density at radius 3 is 1.09 bits per heavy atom. The van der Waals surface area contributed by atoms with Gasteiger partial charge in [-0.05, 0) is 200 Å². The van der Waals surface area contributed by atoms with E-state index in [0.717, 1.165) is 102 Å². The summed E-state index contributed by atoms with van der Waals surface area (Å²) in [7, 11) is 6.19. The molecule has 742 valence electrons. The molecule has 4 unspecified atom stereocenters. The smallest absolute Gasteiger partial charge is 0.191 e. The van der Waals surface area contributed by atoms with Crippen LogP contribution in [-0.4, -0.2) is 158 Å². The summed E-state index contributed by atoms with van der Waals surface area (Å²) < 4.78 is 84.8.